The largest absolute Gasteiger partial charge is 0.507 e. The number of amides is 1. The minimum absolute atomic E-state index is 0.0882. The number of halogens is 1. The Bertz CT molecular complexity index is 646. The summed E-state index contributed by atoms with van der Waals surface area (Å²) in [6.45, 7) is 3.56. The number of nitrogens with zero attached hydrogens (tertiary/aromatic N) is 3. The van der Waals surface area contributed by atoms with Crippen molar-refractivity contribution in [3.63, 3.8) is 0 Å². The summed E-state index contributed by atoms with van der Waals surface area (Å²) in [6, 6.07) is 4.76. The minimum Gasteiger partial charge on any atom is -0.507 e. The number of carbonyl (C=O) groups is 1. The van der Waals surface area contributed by atoms with Crippen molar-refractivity contribution in [2.75, 3.05) is 5.32 Å². The molecule has 0 spiro atoms. The molecule has 7 heteroatoms. The van der Waals surface area contributed by atoms with Crippen molar-refractivity contribution in [2.45, 2.75) is 13.8 Å². The Hall–Kier alpha value is -1.77. The number of aryl methyl sites for hydroxylation is 2. The van der Waals surface area contributed by atoms with Gasteiger partial charge in [-0.2, -0.15) is 5.10 Å². The Kier molecular flexibility index (Phi) is 3.93. The van der Waals surface area contributed by atoms with Gasteiger partial charge in [0.1, 0.15) is 5.75 Å². The van der Waals surface area contributed by atoms with E-state index in [0.717, 1.165) is 3.57 Å². The molecular formula is C12H11IN4O2. The van der Waals surface area contributed by atoms with E-state index in [-0.39, 0.29) is 17.3 Å². The Morgan fingerprint density at radius 3 is 2.68 bits per heavy atom. The first kappa shape index (κ1) is 13.7. The predicted octanol–water partition coefficient (Wildman–Crippen LogP) is 2.05. The molecule has 2 rings (SSSR count). The average Bonchev–Trinajstić information content (AvgIpc) is 2.36. The maximum absolute atomic E-state index is 12.0. The van der Waals surface area contributed by atoms with Crippen molar-refractivity contribution in [1.29, 1.82) is 0 Å². The lowest BCUT2D eigenvalue weighted by atomic mass is 10.2. The third kappa shape index (κ3) is 3.16. The fraction of sp³-hybridized carbons (Fsp3) is 0.167. The molecule has 0 saturated heterocycles. The van der Waals surface area contributed by atoms with Crippen LogP contribution in [0.1, 0.15) is 21.7 Å². The molecule has 0 aliphatic heterocycles. The predicted molar refractivity (Wildman–Crippen MR) is 78.1 cm³/mol. The zero-order chi connectivity index (χ0) is 14.0. The van der Waals surface area contributed by atoms with Gasteiger partial charge < -0.3 is 5.11 Å². The van der Waals surface area contributed by atoms with E-state index < -0.39 is 5.91 Å². The van der Waals surface area contributed by atoms with E-state index in [1.807, 2.05) is 0 Å². The van der Waals surface area contributed by atoms with Gasteiger partial charge in [0.2, 0.25) is 5.95 Å². The number of benzene rings is 1. The fourth-order valence-electron chi connectivity index (χ4n) is 1.37. The van der Waals surface area contributed by atoms with Crippen LogP contribution in [-0.4, -0.2) is 26.2 Å². The van der Waals surface area contributed by atoms with Crippen molar-refractivity contribution in [1.82, 2.24) is 15.2 Å². The molecule has 6 nitrogen and oxygen atoms in total. The average molecular weight is 370 g/mol. The van der Waals surface area contributed by atoms with Crippen LogP contribution in [0, 0.1) is 17.4 Å². The number of phenolic OH excluding ortho intramolecular Hbond substituents is 1. The number of aromatic hydroxyl groups is 1. The molecule has 2 aromatic rings. The third-order valence-corrected chi connectivity index (χ3v) is 3.19. The fourth-order valence-corrected chi connectivity index (χ4v) is 1.86. The van der Waals surface area contributed by atoms with Crippen molar-refractivity contribution in [2.24, 2.45) is 0 Å². The van der Waals surface area contributed by atoms with Gasteiger partial charge in [0.05, 0.1) is 17.0 Å². The van der Waals surface area contributed by atoms with Crippen LogP contribution in [0.2, 0.25) is 0 Å². The van der Waals surface area contributed by atoms with Crippen LogP contribution in [0.5, 0.6) is 5.75 Å². The number of hydrogen-bond acceptors (Lipinski definition) is 5. The number of phenols is 1. The molecule has 1 heterocycles. The molecule has 1 amide bonds. The van der Waals surface area contributed by atoms with E-state index >= 15 is 0 Å². The van der Waals surface area contributed by atoms with E-state index in [4.69, 9.17) is 0 Å². The molecule has 1 aromatic heterocycles. The monoisotopic (exact) mass is 370 g/mol. The summed E-state index contributed by atoms with van der Waals surface area (Å²) in [5.41, 5.74) is 1.57. The van der Waals surface area contributed by atoms with E-state index in [1.54, 1.807) is 26.0 Å². The summed E-state index contributed by atoms with van der Waals surface area (Å²) < 4.78 is 0.847. The standard InChI is InChI=1S/C12H11IN4O2/c1-6-7(2)16-17-12(14-6)15-11(19)9-5-8(13)3-4-10(9)18/h3-5,18H,1-2H3,(H,14,15,17,19). The van der Waals surface area contributed by atoms with E-state index in [2.05, 4.69) is 43.1 Å². The quantitative estimate of drug-likeness (QED) is 0.791. The van der Waals surface area contributed by atoms with Crippen LogP contribution < -0.4 is 5.32 Å². The van der Waals surface area contributed by atoms with Gasteiger partial charge in [-0.3, -0.25) is 10.1 Å². The topological polar surface area (TPSA) is 88.0 Å². The van der Waals surface area contributed by atoms with Crippen LogP contribution in [0.15, 0.2) is 18.2 Å². The molecule has 0 atom stereocenters. The number of rotatable bonds is 2. The van der Waals surface area contributed by atoms with Crippen LogP contribution in [0.4, 0.5) is 5.95 Å². The molecule has 0 bridgehead atoms. The number of anilines is 1. The summed E-state index contributed by atoms with van der Waals surface area (Å²) in [5, 5.41) is 19.8. The highest BCUT2D eigenvalue weighted by Crippen LogP contribution is 2.20. The first-order valence-electron chi connectivity index (χ1n) is 5.45. The number of aromatic nitrogens is 3. The Labute approximate surface area is 123 Å². The van der Waals surface area contributed by atoms with Gasteiger partial charge in [0.25, 0.3) is 5.91 Å². The van der Waals surface area contributed by atoms with Crippen LogP contribution in [-0.2, 0) is 0 Å². The third-order valence-electron chi connectivity index (χ3n) is 2.52. The molecule has 1 aromatic carbocycles. The smallest absolute Gasteiger partial charge is 0.261 e. The molecular weight excluding hydrogens is 359 g/mol. The molecule has 0 aliphatic rings. The lowest BCUT2D eigenvalue weighted by Gasteiger charge is -2.06. The maximum atomic E-state index is 12.0. The summed E-state index contributed by atoms with van der Waals surface area (Å²) in [4.78, 5) is 16.1. The number of carbonyl (C=O) groups excluding carboxylic acids is 1. The first-order chi connectivity index (χ1) is 8.97. The van der Waals surface area contributed by atoms with Gasteiger partial charge in [-0.15, -0.1) is 5.10 Å². The van der Waals surface area contributed by atoms with E-state index in [1.165, 1.54) is 6.07 Å². The summed E-state index contributed by atoms with van der Waals surface area (Å²) in [5.74, 6) is -0.442. The van der Waals surface area contributed by atoms with Crippen LogP contribution in [0.25, 0.3) is 0 Å². The zero-order valence-corrected chi connectivity index (χ0v) is 12.5. The molecule has 2 N–H and O–H groups in total. The van der Waals surface area contributed by atoms with Crippen molar-refractivity contribution < 1.29 is 9.90 Å². The molecule has 0 fully saturated rings. The van der Waals surface area contributed by atoms with Crippen molar-refractivity contribution >= 4 is 34.4 Å². The Morgan fingerprint density at radius 1 is 1.26 bits per heavy atom. The zero-order valence-electron chi connectivity index (χ0n) is 10.3. The van der Waals surface area contributed by atoms with Crippen molar-refractivity contribution in [3.05, 3.63) is 38.7 Å². The molecule has 0 radical (unpaired) electrons. The van der Waals surface area contributed by atoms with Gasteiger partial charge in [0.15, 0.2) is 0 Å². The maximum Gasteiger partial charge on any atom is 0.261 e. The Morgan fingerprint density at radius 2 is 2.00 bits per heavy atom. The van der Waals surface area contributed by atoms with Crippen LogP contribution >= 0.6 is 22.6 Å². The number of nitrogens with one attached hydrogen (secondary N) is 1. The summed E-state index contributed by atoms with van der Waals surface area (Å²) in [6.07, 6.45) is 0. The molecule has 0 unspecified atom stereocenters. The second-order valence-electron chi connectivity index (χ2n) is 3.92. The van der Waals surface area contributed by atoms with Gasteiger partial charge in [-0.05, 0) is 54.6 Å². The SMILES string of the molecule is Cc1nnc(NC(=O)c2cc(I)ccc2O)nc1C. The second-order valence-corrected chi connectivity index (χ2v) is 5.17. The van der Waals surface area contributed by atoms with E-state index in [9.17, 15) is 9.90 Å². The van der Waals surface area contributed by atoms with Gasteiger partial charge in [-0.25, -0.2) is 4.98 Å². The highest BCUT2D eigenvalue weighted by atomic mass is 127. The van der Waals surface area contributed by atoms with Crippen LogP contribution in [0.3, 0.4) is 0 Å². The molecule has 19 heavy (non-hydrogen) atoms. The Balaban J connectivity index is 2.25. The summed E-state index contributed by atoms with van der Waals surface area (Å²) in [7, 11) is 0. The van der Waals surface area contributed by atoms with Gasteiger partial charge in [-0.1, -0.05) is 0 Å². The minimum atomic E-state index is -0.471. The normalized spacial score (nSPS) is 10.3. The molecule has 0 aliphatic carbocycles. The first-order valence-corrected chi connectivity index (χ1v) is 6.53. The lowest BCUT2D eigenvalue weighted by molar-refractivity contribution is 0.102. The lowest BCUT2D eigenvalue weighted by Crippen LogP contribution is -2.16. The second kappa shape index (κ2) is 5.47. The van der Waals surface area contributed by atoms with E-state index in [0.29, 0.717) is 11.4 Å². The highest BCUT2D eigenvalue weighted by Gasteiger charge is 2.13. The molecule has 0 saturated carbocycles. The highest BCUT2D eigenvalue weighted by molar-refractivity contribution is 14.1. The van der Waals surface area contributed by atoms with Crippen molar-refractivity contribution in [3.8, 4) is 5.75 Å². The number of hydrogen-bond donors (Lipinski definition) is 2. The van der Waals surface area contributed by atoms with Gasteiger partial charge in [0, 0.05) is 3.57 Å². The summed E-state index contributed by atoms with van der Waals surface area (Å²) >= 11 is 2.06. The molecule has 98 valence electrons. The van der Waals surface area contributed by atoms with Gasteiger partial charge >= 0.3 is 0 Å².